The number of alkyl halides is 3. The number of hydrogen-bond donors (Lipinski definition) is 0. The summed E-state index contributed by atoms with van der Waals surface area (Å²) >= 11 is 0. The molecule has 0 aromatic heterocycles. The third-order valence-electron chi connectivity index (χ3n) is 4.32. The Balaban J connectivity index is 3.09. The molecule has 0 amide bonds. The summed E-state index contributed by atoms with van der Waals surface area (Å²) in [6.07, 6.45) is 5.32. The first kappa shape index (κ1) is 31.1. The quantitative estimate of drug-likeness (QED) is 0.152. The zero-order valence-electron chi connectivity index (χ0n) is 19.4. The highest BCUT2D eigenvalue weighted by atomic mass is 19.4. The number of ether oxygens (including phenoxy) is 6. The topological polar surface area (TPSA) is 72.5 Å². The molecule has 0 atom stereocenters. The Kier molecular flexibility index (Phi) is 22.5. The second kappa shape index (κ2) is 23.2. The lowest BCUT2D eigenvalue weighted by molar-refractivity contribution is -0.200. The molecule has 10 heteroatoms. The van der Waals surface area contributed by atoms with Crippen molar-refractivity contribution < 1.29 is 46.4 Å². The molecule has 0 aliphatic carbocycles. The van der Waals surface area contributed by atoms with Crippen molar-refractivity contribution in [2.45, 2.75) is 64.5 Å². The molecule has 0 radical (unpaired) electrons. The van der Waals surface area contributed by atoms with E-state index in [1.807, 2.05) is 0 Å². The lowest BCUT2D eigenvalue weighted by Gasteiger charge is -2.09. The van der Waals surface area contributed by atoms with Gasteiger partial charge in [-0.05, 0) is 6.42 Å². The second-order valence-electron chi connectivity index (χ2n) is 7.17. The largest absolute Gasteiger partial charge is 0.490 e. The van der Waals surface area contributed by atoms with Crippen molar-refractivity contribution in [1.82, 2.24) is 0 Å². The number of carbonyl (C=O) groups excluding carboxylic acids is 1. The molecular formula is C22H41F3O7. The molecule has 0 rings (SSSR count). The molecule has 0 fully saturated rings. The van der Waals surface area contributed by atoms with Crippen molar-refractivity contribution in [3.05, 3.63) is 0 Å². The Bertz CT molecular complexity index is 409. The van der Waals surface area contributed by atoms with Crippen LogP contribution in [0.1, 0.15) is 58.3 Å². The lowest BCUT2D eigenvalue weighted by atomic mass is 10.1. The van der Waals surface area contributed by atoms with Crippen molar-refractivity contribution >= 4 is 5.97 Å². The SMILES string of the molecule is CCCCCCCCCCOCCOCCOCCOCCOCCOC(=O)C(F)(F)F. The van der Waals surface area contributed by atoms with Gasteiger partial charge >= 0.3 is 12.1 Å². The molecule has 0 aliphatic heterocycles. The molecule has 0 spiro atoms. The average Bonchev–Trinajstić information content (AvgIpc) is 2.76. The Labute approximate surface area is 190 Å². The summed E-state index contributed by atoms with van der Waals surface area (Å²) in [5.74, 6) is -2.22. The van der Waals surface area contributed by atoms with Gasteiger partial charge in [0.2, 0.25) is 0 Å². The van der Waals surface area contributed by atoms with E-state index in [0.29, 0.717) is 39.6 Å². The van der Waals surface area contributed by atoms with E-state index < -0.39 is 18.8 Å². The van der Waals surface area contributed by atoms with E-state index in [-0.39, 0.29) is 19.8 Å². The van der Waals surface area contributed by atoms with E-state index in [0.717, 1.165) is 13.0 Å². The third-order valence-corrected chi connectivity index (χ3v) is 4.32. The number of halogens is 3. The Morgan fingerprint density at radius 3 is 1.28 bits per heavy atom. The summed E-state index contributed by atoms with van der Waals surface area (Å²) in [5.41, 5.74) is 0. The van der Waals surface area contributed by atoms with Gasteiger partial charge in [0, 0.05) is 6.61 Å². The minimum absolute atomic E-state index is 0.123. The van der Waals surface area contributed by atoms with Crippen LogP contribution in [0.3, 0.4) is 0 Å². The van der Waals surface area contributed by atoms with Gasteiger partial charge in [0.1, 0.15) is 6.61 Å². The van der Waals surface area contributed by atoms with Crippen molar-refractivity contribution in [2.75, 3.05) is 72.7 Å². The van der Waals surface area contributed by atoms with Crippen LogP contribution < -0.4 is 0 Å². The summed E-state index contributed by atoms with van der Waals surface area (Å²) in [5, 5.41) is 0. The third kappa shape index (κ3) is 23.7. The van der Waals surface area contributed by atoms with Crippen LogP contribution in [0.25, 0.3) is 0 Å². The molecule has 7 nitrogen and oxygen atoms in total. The first-order chi connectivity index (χ1) is 15.5. The molecule has 0 aromatic rings. The standard InChI is InChI=1S/C22H41F3O7/c1-2-3-4-5-6-7-8-9-10-27-11-12-28-13-14-29-15-16-30-17-18-31-19-20-32-21(26)22(23,24)25/h2-20H2,1H3. The summed E-state index contributed by atoms with van der Waals surface area (Å²) in [7, 11) is 0. The summed E-state index contributed by atoms with van der Waals surface area (Å²) in [4.78, 5) is 10.4. The first-order valence-corrected chi connectivity index (χ1v) is 11.6. The van der Waals surface area contributed by atoms with Crippen LogP contribution in [-0.2, 0) is 33.2 Å². The van der Waals surface area contributed by atoms with E-state index in [4.69, 9.17) is 23.7 Å². The molecule has 0 saturated carbocycles. The fraction of sp³-hybridized carbons (Fsp3) is 0.955. The molecule has 0 bridgehead atoms. The summed E-state index contributed by atoms with van der Waals surface area (Å²) < 4.78 is 66.1. The van der Waals surface area contributed by atoms with Crippen molar-refractivity contribution in [3.63, 3.8) is 0 Å². The van der Waals surface area contributed by atoms with Gasteiger partial charge in [-0.15, -0.1) is 0 Å². The van der Waals surface area contributed by atoms with Crippen LogP contribution in [0.5, 0.6) is 0 Å². The van der Waals surface area contributed by atoms with E-state index in [1.165, 1.54) is 44.9 Å². The van der Waals surface area contributed by atoms with E-state index in [2.05, 4.69) is 11.7 Å². The summed E-state index contributed by atoms with van der Waals surface area (Å²) in [6, 6.07) is 0. The highest BCUT2D eigenvalue weighted by Crippen LogP contribution is 2.16. The predicted octanol–water partition coefficient (Wildman–Crippen LogP) is 4.32. The van der Waals surface area contributed by atoms with Crippen LogP contribution >= 0.6 is 0 Å². The number of esters is 1. The Morgan fingerprint density at radius 1 is 0.531 bits per heavy atom. The first-order valence-electron chi connectivity index (χ1n) is 11.6. The van der Waals surface area contributed by atoms with Gasteiger partial charge in [0.05, 0.1) is 59.5 Å². The van der Waals surface area contributed by atoms with Gasteiger partial charge in [0.15, 0.2) is 0 Å². The van der Waals surface area contributed by atoms with Crippen molar-refractivity contribution in [3.8, 4) is 0 Å². The number of unbranched alkanes of at least 4 members (excludes halogenated alkanes) is 7. The average molecular weight is 475 g/mol. The minimum Gasteiger partial charge on any atom is -0.457 e. The Hall–Kier alpha value is -0.940. The maximum absolute atomic E-state index is 11.9. The van der Waals surface area contributed by atoms with Crippen molar-refractivity contribution in [2.24, 2.45) is 0 Å². The molecule has 0 aromatic carbocycles. The summed E-state index contributed by atoms with van der Waals surface area (Å²) in [6.45, 7) is 5.76. The van der Waals surface area contributed by atoms with Gasteiger partial charge in [-0.2, -0.15) is 13.2 Å². The van der Waals surface area contributed by atoms with Gasteiger partial charge in [-0.3, -0.25) is 0 Å². The van der Waals surface area contributed by atoms with E-state index >= 15 is 0 Å². The molecule has 32 heavy (non-hydrogen) atoms. The van der Waals surface area contributed by atoms with Crippen LogP contribution in [0.15, 0.2) is 0 Å². The predicted molar refractivity (Wildman–Crippen MR) is 114 cm³/mol. The van der Waals surface area contributed by atoms with E-state index in [9.17, 15) is 18.0 Å². The smallest absolute Gasteiger partial charge is 0.457 e. The molecule has 0 aliphatic rings. The second-order valence-corrected chi connectivity index (χ2v) is 7.17. The molecule has 192 valence electrons. The monoisotopic (exact) mass is 474 g/mol. The van der Waals surface area contributed by atoms with Gasteiger partial charge in [-0.1, -0.05) is 51.9 Å². The van der Waals surface area contributed by atoms with Gasteiger partial charge < -0.3 is 28.4 Å². The molecule has 0 unspecified atom stereocenters. The zero-order valence-corrected chi connectivity index (χ0v) is 19.4. The van der Waals surface area contributed by atoms with Crippen LogP contribution in [0, 0.1) is 0 Å². The highest BCUT2D eigenvalue weighted by Gasteiger charge is 2.40. The highest BCUT2D eigenvalue weighted by molar-refractivity contribution is 5.75. The van der Waals surface area contributed by atoms with Crippen LogP contribution in [-0.4, -0.2) is 84.8 Å². The maximum Gasteiger partial charge on any atom is 0.490 e. The maximum atomic E-state index is 11.9. The fourth-order valence-electron chi connectivity index (χ4n) is 2.59. The zero-order chi connectivity index (χ0) is 23.8. The minimum atomic E-state index is -4.98. The molecule has 0 heterocycles. The fourth-order valence-corrected chi connectivity index (χ4v) is 2.59. The van der Waals surface area contributed by atoms with E-state index in [1.54, 1.807) is 0 Å². The van der Waals surface area contributed by atoms with Crippen LogP contribution in [0.2, 0.25) is 0 Å². The molecule has 0 N–H and O–H groups in total. The van der Waals surface area contributed by atoms with Crippen LogP contribution in [0.4, 0.5) is 13.2 Å². The molecular weight excluding hydrogens is 433 g/mol. The van der Waals surface area contributed by atoms with Gasteiger partial charge in [0.25, 0.3) is 0 Å². The molecule has 0 saturated heterocycles. The normalized spacial score (nSPS) is 11.8. The number of carbonyl (C=O) groups is 1. The van der Waals surface area contributed by atoms with Gasteiger partial charge in [-0.25, -0.2) is 4.79 Å². The number of hydrogen-bond acceptors (Lipinski definition) is 7. The number of rotatable bonds is 24. The van der Waals surface area contributed by atoms with Crippen molar-refractivity contribution in [1.29, 1.82) is 0 Å². The lowest BCUT2D eigenvalue weighted by Crippen LogP contribution is -2.26. The Morgan fingerprint density at radius 2 is 0.875 bits per heavy atom.